The summed E-state index contributed by atoms with van der Waals surface area (Å²) < 4.78 is 5.77. The molecule has 1 aliphatic rings. The van der Waals surface area contributed by atoms with E-state index in [1.165, 1.54) is 18.3 Å². The molecular formula is C15H14N4O4. The summed E-state index contributed by atoms with van der Waals surface area (Å²) in [6.45, 7) is 2.80. The van der Waals surface area contributed by atoms with Crippen LogP contribution in [-0.4, -0.2) is 27.4 Å². The fraction of sp³-hybridized carbons (Fsp3) is 0.200. The van der Waals surface area contributed by atoms with Gasteiger partial charge in [0, 0.05) is 18.8 Å². The van der Waals surface area contributed by atoms with Gasteiger partial charge in [-0.3, -0.25) is 15.4 Å². The van der Waals surface area contributed by atoms with Gasteiger partial charge in [0.25, 0.3) is 5.69 Å². The van der Waals surface area contributed by atoms with E-state index in [-0.39, 0.29) is 11.7 Å². The summed E-state index contributed by atoms with van der Waals surface area (Å²) in [6.07, 6.45) is 1.52. The average molecular weight is 314 g/mol. The molecule has 1 aliphatic heterocycles. The number of hydrogen-bond acceptors (Lipinski definition) is 5. The molecule has 8 heteroatoms. The predicted molar refractivity (Wildman–Crippen MR) is 82.5 cm³/mol. The molecule has 118 valence electrons. The second kappa shape index (κ2) is 5.91. The lowest BCUT2D eigenvalue weighted by Crippen LogP contribution is -2.38. The SMILES string of the molecule is CCN1Cc2c(Oc3cccc([N+](=O)[O-])c3)ccnc2NC1=O. The van der Waals surface area contributed by atoms with Crippen LogP contribution >= 0.6 is 0 Å². The molecule has 0 spiro atoms. The van der Waals surface area contributed by atoms with Gasteiger partial charge < -0.3 is 9.64 Å². The number of aromatic nitrogens is 1. The largest absolute Gasteiger partial charge is 0.457 e. The quantitative estimate of drug-likeness (QED) is 0.690. The molecule has 2 aromatic rings. The maximum Gasteiger partial charge on any atom is 0.323 e. The van der Waals surface area contributed by atoms with Crippen LogP contribution < -0.4 is 10.1 Å². The summed E-state index contributed by atoms with van der Waals surface area (Å²) in [5, 5.41) is 13.5. The van der Waals surface area contributed by atoms with Gasteiger partial charge in [-0.2, -0.15) is 0 Å². The minimum Gasteiger partial charge on any atom is -0.457 e. The first-order chi connectivity index (χ1) is 11.1. The fourth-order valence-corrected chi connectivity index (χ4v) is 2.32. The highest BCUT2D eigenvalue weighted by atomic mass is 16.6. The molecule has 0 unspecified atom stereocenters. The van der Waals surface area contributed by atoms with Crippen molar-refractivity contribution in [2.45, 2.75) is 13.5 Å². The van der Waals surface area contributed by atoms with Crippen LogP contribution in [0.15, 0.2) is 36.5 Å². The molecule has 0 aliphatic carbocycles. The van der Waals surface area contributed by atoms with Gasteiger partial charge in [-0.25, -0.2) is 9.78 Å². The maximum atomic E-state index is 11.8. The van der Waals surface area contributed by atoms with Gasteiger partial charge in [0.1, 0.15) is 17.3 Å². The number of fused-ring (bicyclic) bond motifs is 1. The van der Waals surface area contributed by atoms with Crippen molar-refractivity contribution in [3.8, 4) is 11.5 Å². The number of nitrogens with zero attached hydrogens (tertiary/aromatic N) is 3. The molecule has 0 saturated heterocycles. The molecule has 0 atom stereocenters. The molecule has 2 amide bonds. The van der Waals surface area contributed by atoms with Gasteiger partial charge in [0.2, 0.25) is 0 Å². The zero-order chi connectivity index (χ0) is 16.4. The van der Waals surface area contributed by atoms with Crippen LogP contribution in [0.4, 0.5) is 16.3 Å². The number of rotatable bonds is 4. The molecule has 1 aromatic heterocycles. The van der Waals surface area contributed by atoms with Gasteiger partial charge in [0.15, 0.2) is 0 Å². The predicted octanol–water partition coefficient (Wildman–Crippen LogP) is 3.15. The van der Waals surface area contributed by atoms with E-state index >= 15 is 0 Å². The first kappa shape index (κ1) is 14.8. The summed E-state index contributed by atoms with van der Waals surface area (Å²) in [7, 11) is 0. The van der Waals surface area contributed by atoms with Crippen LogP contribution in [0.25, 0.3) is 0 Å². The van der Waals surface area contributed by atoms with E-state index in [1.807, 2.05) is 6.92 Å². The third-order valence-electron chi connectivity index (χ3n) is 3.51. The van der Waals surface area contributed by atoms with E-state index in [0.29, 0.717) is 30.4 Å². The van der Waals surface area contributed by atoms with Crippen LogP contribution in [0.3, 0.4) is 0 Å². The van der Waals surface area contributed by atoms with Crippen LogP contribution in [-0.2, 0) is 6.54 Å². The molecule has 0 radical (unpaired) electrons. The topological polar surface area (TPSA) is 97.6 Å². The lowest BCUT2D eigenvalue weighted by atomic mass is 10.2. The molecule has 0 bridgehead atoms. The minimum absolute atomic E-state index is 0.0473. The molecule has 1 aromatic carbocycles. The number of nitrogens with one attached hydrogen (secondary N) is 1. The second-order valence-electron chi connectivity index (χ2n) is 4.94. The van der Waals surface area contributed by atoms with Crippen molar-refractivity contribution in [2.24, 2.45) is 0 Å². The van der Waals surface area contributed by atoms with E-state index in [2.05, 4.69) is 10.3 Å². The average Bonchev–Trinajstić information content (AvgIpc) is 2.54. The van der Waals surface area contributed by atoms with E-state index < -0.39 is 4.92 Å². The van der Waals surface area contributed by atoms with Crippen LogP contribution in [0, 0.1) is 10.1 Å². The number of amides is 2. The van der Waals surface area contributed by atoms with Crippen LogP contribution in [0.2, 0.25) is 0 Å². The number of nitro benzene ring substituents is 1. The third kappa shape index (κ3) is 2.91. The number of urea groups is 1. The molecular weight excluding hydrogens is 300 g/mol. The Kier molecular flexibility index (Phi) is 3.80. The Bertz CT molecular complexity index is 778. The summed E-state index contributed by atoms with van der Waals surface area (Å²) in [6, 6.07) is 7.41. The smallest absolute Gasteiger partial charge is 0.323 e. The van der Waals surface area contributed by atoms with Crippen molar-refractivity contribution in [1.29, 1.82) is 0 Å². The highest BCUT2D eigenvalue weighted by Gasteiger charge is 2.25. The number of anilines is 1. The Labute approximate surface area is 131 Å². The lowest BCUT2D eigenvalue weighted by Gasteiger charge is -2.28. The van der Waals surface area contributed by atoms with Gasteiger partial charge in [-0.1, -0.05) is 6.07 Å². The van der Waals surface area contributed by atoms with Gasteiger partial charge in [0.05, 0.1) is 23.1 Å². The second-order valence-corrected chi connectivity index (χ2v) is 4.94. The number of carbonyl (C=O) groups excluding carboxylic acids is 1. The van der Waals surface area contributed by atoms with Crippen LogP contribution in [0.1, 0.15) is 12.5 Å². The van der Waals surface area contributed by atoms with E-state index in [0.717, 1.165) is 5.56 Å². The Hall–Kier alpha value is -3.16. The molecule has 0 saturated carbocycles. The number of pyridine rings is 1. The van der Waals surface area contributed by atoms with Gasteiger partial charge >= 0.3 is 6.03 Å². The fourth-order valence-electron chi connectivity index (χ4n) is 2.32. The maximum absolute atomic E-state index is 11.8. The van der Waals surface area contributed by atoms with E-state index in [1.54, 1.807) is 23.1 Å². The summed E-state index contributed by atoms with van der Waals surface area (Å²) in [5.74, 6) is 1.31. The van der Waals surface area contributed by atoms with Gasteiger partial charge in [-0.05, 0) is 19.1 Å². The molecule has 0 fully saturated rings. The number of benzene rings is 1. The number of nitro groups is 1. The van der Waals surface area contributed by atoms with Gasteiger partial charge in [-0.15, -0.1) is 0 Å². The Morgan fingerprint density at radius 3 is 3.00 bits per heavy atom. The van der Waals surface area contributed by atoms with Crippen molar-refractivity contribution >= 4 is 17.5 Å². The standard InChI is InChI=1S/C15H14N4O4/c1-2-18-9-12-13(6-7-16-14(12)17-15(18)20)23-11-5-3-4-10(8-11)19(21)22/h3-8H,2,9H2,1H3,(H,16,17,20). The van der Waals surface area contributed by atoms with E-state index in [4.69, 9.17) is 4.74 Å². The highest BCUT2D eigenvalue weighted by molar-refractivity contribution is 5.91. The van der Waals surface area contributed by atoms with Crippen LogP contribution in [0.5, 0.6) is 11.5 Å². The zero-order valence-electron chi connectivity index (χ0n) is 12.4. The number of hydrogen-bond donors (Lipinski definition) is 1. The summed E-state index contributed by atoms with van der Waals surface area (Å²) in [4.78, 5) is 28.0. The lowest BCUT2D eigenvalue weighted by molar-refractivity contribution is -0.384. The van der Waals surface area contributed by atoms with Crippen molar-refractivity contribution in [1.82, 2.24) is 9.88 Å². The number of carbonyl (C=O) groups is 1. The van der Waals surface area contributed by atoms with Crippen molar-refractivity contribution in [2.75, 3.05) is 11.9 Å². The highest BCUT2D eigenvalue weighted by Crippen LogP contribution is 2.33. The number of non-ortho nitro benzene ring substituents is 1. The number of ether oxygens (including phenoxy) is 1. The first-order valence-corrected chi connectivity index (χ1v) is 7.04. The Morgan fingerprint density at radius 2 is 2.26 bits per heavy atom. The monoisotopic (exact) mass is 314 g/mol. The Balaban J connectivity index is 1.93. The van der Waals surface area contributed by atoms with Crippen molar-refractivity contribution < 1.29 is 14.5 Å². The third-order valence-corrected chi connectivity index (χ3v) is 3.51. The van der Waals surface area contributed by atoms with E-state index in [9.17, 15) is 14.9 Å². The molecule has 3 rings (SSSR count). The van der Waals surface area contributed by atoms with Crippen molar-refractivity contribution in [3.63, 3.8) is 0 Å². The molecule has 8 nitrogen and oxygen atoms in total. The summed E-state index contributed by atoms with van der Waals surface area (Å²) >= 11 is 0. The van der Waals surface area contributed by atoms with Crippen molar-refractivity contribution in [3.05, 3.63) is 52.2 Å². The Morgan fingerprint density at radius 1 is 1.43 bits per heavy atom. The molecule has 2 heterocycles. The summed E-state index contributed by atoms with van der Waals surface area (Å²) in [5.41, 5.74) is 0.689. The molecule has 23 heavy (non-hydrogen) atoms. The minimum atomic E-state index is -0.478. The zero-order valence-corrected chi connectivity index (χ0v) is 12.4. The molecule has 1 N–H and O–H groups in total. The normalized spacial score (nSPS) is 13.3. The first-order valence-electron chi connectivity index (χ1n) is 7.04.